The molecule has 7 nitrogen and oxygen atoms in total. The number of likely N-dealkylation sites (tertiary alicyclic amines) is 1. The SMILES string of the molecule is CNc1nc(C2CCCNC2)nc2c1CN(C(=O)c1ccc(CN3CCCCC3)cc1)CC2. The van der Waals surface area contributed by atoms with Gasteiger partial charge in [0.05, 0.1) is 12.2 Å². The molecule has 176 valence electrons. The Morgan fingerprint density at radius 3 is 2.64 bits per heavy atom. The number of carbonyl (C=O) groups excluding carboxylic acids is 1. The number of hydrogen-bond acceptors (Lipinski definition) is 6. The topological polar surface area (TPSA) is 73.4 Å². The van der Waals surface area contributed by atoms with E-state index >= 15 is 0 Å². The first-order chi connectivity index (χ1) is 16.2. The highest BCUT2D eigenvalue weighted by Crippen LogP contribution is 2.29. The second-order valence-electron chi connectivity index (χ2n) is 9.66. The number of rotatable bonds is 5. The molecule has 1 unspecified atom stereocenters. The van der Waals surface area contributed by atoms with Crippen molar-refractivity contribution in [2.45, 2.75) is 57.5 Å². The van der Waals surface area contributed by atoms with Gasteiger partial charge in [-0.1, -0.05) is 18.6 Å². The summed E-state index contributed by atoms with van der Waals surface area (Å²) in [6, 6.07) is 8.22. The first-order valence-corrected chi connectivity index (χ1v) is 12.6. The van der Waals surface area contributed by atoms with Crippen molar-refractivity contribution in [3.05, 3.63) is 52.5 Å². The number of anilines is 1. The van der Waals surface area contributed by atoms with Crippen LogP contribution in [0.1, 0.15) is 71.0 Å². The molecule has 1 amide bonds. The molecule has 1 atom stereocenters. The van der Waals surface area contributed by atoms with Crippen LogP contribution in [0, 0.1) is 0 Å². The van der Waals surface area contributed by atoms with E-state index in [4.69, 9.17) is 9.97 Å². The van der Waals surface area contributed by atoms with E-state index in [1.165, 1.54) is 44.3 Å². The summed E-state index contributed by atoms with van der Waals surface area (Å²) in [5.74, 6) is 2.27. The molecule has 0 aliphatic carbocycles. The van der Waals surface area contributed by atoms with Crippen molar-refractivity contribution in [2.24, 2.45) is 0 Å². The first-order valence-electron chi connectivity index (χ1n) is 12.6. The number of benzene rings is 1. The van der Waals surface area contributed by atoms with E-state index in [1.807, 2.05) is 24.1 Å². The molecule has 2 saturated heterocycles. The molecule has 0 radical (unpaired) electrons. The third-order valence-electron chi connectivity index (χ3n) is 7.32. The van der Waals surface area contributed by atoms with Gasteiger partial charge in [0.25, 0.3) is 5.91 Å². The van der Waals surface area contributed by atoms with Crippen LogP contribution in [0.4, 0.5) is 5.82 Å². The van der Waals surface area contributed by atoms with Crippen LogP contribution >= 0.6 is 0 Å². The van der Waals surface area contributed by atoms with Crippen LogP contribution in [0.5, 0.6) is 0 Å². The molecule has 0 spiro atoms. The lowest BCUT2D eigenvalue weighted by molar-refractivity contribution is 0.0733. The predicted molar refractivity (Wildman–Crippen MR) is 130 cm³/mol. The van der Waals surface area contributed by atoms with Gasteiger partial charge in [-0.05, 0) is 63.0 Å². The Labute approximate surface area is 197 Å². The van der Waals surface area contributed by atoms with Crippen LogP contribution in [-0.2, 0) is 19.5 Å². The van der Waals surface area contributed by atoms with Crippen LogP contribution in [0.3, 0.4) is 0 Å². The maximum absolute atomic E-state index is 13.3. The van der Waals surface area contributed by atoms with Crippen molar-refractivity contribution in [1.29, 1.82) is 0 Å². The van der Waals surface area contributed by atoms with E-state index in [-0.39, 0.29) is 5.91 Å². The normalized spacial score (nSPS) is 21.5. The van der Waals surface area contributed by atoms with Gasteiger partial charge >= 0.3 is 0 Å². The Balaban J connectivity index is 1.27. The van der Waals surface area contributed by atoms with Crippen LogP contribution in [-0.4, -0.2) is 65.4 Å². The van der Waals surface area contributed by atoms with Gasteiger partial charge in [-0.3, -0.25) is 9.69 Å². The average Bonchev–Trinajstić information content (AvgIpc) is 2.89. The second-order valence-corrected chi connectivity index (χ2v) is 9.66. The largest absolute Gasteiger partial charge is 0.373 e. The molecule has 2 N–H and O–H groups in total. The Kier molecular flexibility index (Phi) is 6.88. The fourth-order valence-corrected chi connectivity index (χ4v) is 5.38. The van der Waals surface area contributed by atoms with Crippen molar-refractivity contribution in [3.63, 3.8) is 0 Å². The van der Waals surface area contributed by atoms with Gasteiger partial charge in [-0.25, -0.2) is 9.97 Å². The number of aromatic nitrogens is 2. The van der Waals surface area contributed by atoms with Gasteiger partial charge in [-0.15, -0.1) is 0 Å². The molecule has 5 rings (SSSR count). The van der Waals surface area contributed by atoms with Crippen molar-refractivity contribution in [3.8, 4) is 0 Å². The van der Waals surface area contributed by atoms with Crippen molar-refractivity contribution in [1.82, 2.24) is 25.1 Å². The summed E-state index contributed by atoms with van der Waals surface area (Å²) in [5.41, 5.74) is 4.20. The van der Waals surface area contributed by atoms with E-state index in [9.17, 15) is 4.79 Å². The summed E-state index contributed by atoms with van der Waals surface area (Å²) >= 11 is 0. The molecule has 2 fully saturated rings. The van der Waals surface area contributed by atoms with Gasteiger partial charge in [0.1, 0.15) is 11.6 Å². The average molecular weight is 449 g/mol. The molecule has 1 aromatic carbocycles. The Bertz CT molecular complexity index is 946. The zero-order valence-corrected chi connectivity index (χ0v) is 19.8. The zero-order chi connectivity index (χ0) is 22.6. The summed E-state index contributed by atoms with van der Waals surface area (Å²) in [5, 5.41) is 6.73. The summed E-state index contributed by atoms with van der Waals surface area (Å²) < 4.78 is 0. The Morgan fingerprint density at radius 2 is 1.91 bits per heavy atom. The molecule has 3 aliphatic heterocycles. The fourth-order valence-electron chi connectivity index (χ4n) is 5.38. The molecule has 0 saturated carbocycles. The third-order valence-corrected chi connectivity index (χ3v) is 7.32. The molecular weight excluding hydrogens is 412 g/mol. The number of piperidine rings is 2. The van der Waals surface area contributed by atoms with Crippen molar-refractivity contribution in [2.75, 3.05) is 45.1 Å². The summed E-state index contributed by atoms with van der Waals surface area (Å²) in [6.07, 6.45) is 7.02. The summed E-state index contributed by atoms with van der Waals surface area (Å²) in [7, 11) is 1.91. The number of fused-ring (bicyclic) bond motifs is 1. The minimum absolute atomic E-state index is 0.0905. The quantitative estimate of drug-likeness (QED) is 0.732. The number of nitrogens with one attached hydrogen (secondary N) is 2. The van der Waals surface area contributed by atoms with Crippen molar-refractivity contribution < 1.29 is 4.79 Å². The number of carbonyl (C=O) groups is 1. The highest BCUT2D eigenvalue weighted by atomic mass is 16.2. The maximum atomic E-state index is 13.3. The molecule has 0 bridgehead atoms. The van der Waals surface area contributed by atoms with E-state index in [2.05, 4.69) is 27.7 Å². The highest BCUT2D eigenvalue weighted by Gasteiger charge is 2.28. The Morgan fingerprint density at radius 1 is 1.09 bits per heavy atom. The van der Waals surface area contributed by atoms with E-state index < -0.39 is 0 Å². The minimum Gasteiger partial charge on any atom is -0.373 e. The summed E-state index contributed by atoms with van der Waals surface area (Å²) in [6.45, 7) is 6.63. The number of nitrogens with zero attached hydrogens (tertiary/aromatic N) is 4. The fraction of sp³-hybridized carbons (Fsp3) is 0.577. The molecule has 7 heteroatoms. The van der Waals surface area contributed by atoms with Gasteiger partial charge in [0.15, 0.2) is 0 Å². The van der Waals surface area contributed by atoms with Crippen LogP contribution in [0.25, 0.3) is 0 Å². The molecule has 3 aliphatic rings. The van der Waals surface area contributed by atoms with E-state index in [0.717, 1.165) is 60.9 Å². The van der Waals surface area contributed by atoms with Gasteiger partial charge in [0.2, 0.25) is 0 Å². The first kappa shape index (κ1) is 22.3. The molecular formula is C26H36N6O. The van der Waals surface area contributed by atoms with Crippen LogP contribution < -0.4 is 10.6 Å². The van der Waals surface area contributed by atoms with Crippen molar-refractivity contribution >= 4 is 11.7 Å². The lowest BCUT2D eigenvalue weighted by atomic mass is 9.97. The number of amides is 1. The molecule has 1 aromatic heterocycles. The van der Waals surface area contributed by atoms with Crippen LogP contribution in [0.15, 0.2) is 24.3 Å². The zero-order valence-electron chi connectivity index (χ0n) is 19.8. The van der Waals surface area contributed by atoms with Crippen LogP contribution in [0.2, 0.25) is 0 Å². The molecule has 33 heavy (non-hydrogen) atoms. The lowest BCUT2D eigenvalue weighted by Crippen LogP contribution is -2.37. The molecule has 4 heterocycles. The van der Waals surface area contributed by atoms with E-state index in [1.54, 1.807) is 0 Å². The highest BCUT2D eigenvalue weighted by molar-refractivity contribution is 5.94. The number of hydrogen-bond donors (Lipinski definition) is 2. The lowest BCUT2D eigenvalue weighted by Gasteiger charge is -2.31. The molecule has 2 aromatic rings. The third kappa shape index (κ3) is 5.04. The van der Waals surface area contributed by atoms with E-state index in [0.29, 0.717) is 19.0 Å². The standard InChI is InChI=1S/C26H36N6O/c1-27-25-22-18-32(15-11-23(22)29-24(30-25)21-6-5-12-28-16-21)26(33)20-9-7-19(8-10-20)17-31-13-3-2-4-14-31/h7-10,21,28H,2-6,11-18H2,1H3,(H,27,29,30). The smallest absolute Gasteiger partial charge is 0.254 e. The maximum Gasteiger partial charge on any atom is 0.254 e. The Hall–Kier alpha value is -2.51. The van der Waals surface area contributed by atoms with Gasteiger partial charge in [0, 0.05) is 50.1 Å². The monoisotopic (exact) mass is 448 g/mol. The minimum atomic E-state index is 0.0905. The van der Waals surface area contributed by atoms with Gasteiger partial charge < -0.3 is 15.5 Å². The predicted octanol–water partition coefficient (Wildman–Crippen LogP) is 3.17. The second kappa shape index (κ2) is 10.2. The summed E-state index contributed by atoms with van der Waals surface area (Å²) in [4.78, 5) is 27.5. The van der Waals surface area contributed by atoms with Gasteiger partial charge in [-0.2, -0.15) is 0 Å².